The molecule has 0 bridgehead atoms. The summed E-state index contributed by atoms with van der Waals surface area (Å²) in [6.45, 7) is 0. The van der Waals surface area contributed by atoms with E-state index < -0.39 is 43.6 Å². The second-order valence-corrected chi connectivity index (χ2v) is 10.6. The van der Waals surface area contributed by atoms with Crippen LogP contribution >= 0.6 is 35.0 Å². The maximum atomic E-state index is 12.7. The monoisotopic (exact) mass is 620 g/mol. The van der Waals surface area contributed by atoms with Crippen molar-refractivity contribution in [2.75, 3.05) is 12.5 Å². The molecule has 2 aromatic carbocycles. The van der Waals surface area contributed by atoms with Crippen LogP contribution in [0.5, 0.6) is 0 Å². The van der Waals surface area contributed by atoms with Gasteiger partial charge in [-0.15, -0.1) is 15.3 Å². The molecular formula is C20H12Cl2F6N4O4S2. The number of aromatic nitrogens is 4. The van der Waals surface area contributed by atoms with Crippen molar-refractivity contribution in [3.8, 4) is 22.9 Å². The maximum Gasteiger partial charge on any atom is 0.417 e. The molecule has 0 amide bonds. The van der Waals surface area contributed by atoms with Gasteiger partial charge in [-0.3, -0.25) is 0 Å². The summed E-state index contributed by atoms with van der Waals surface area (Å²) in [5, 5.41) is 12.7. The lowest BCUT2D eigenvalue weighted by Gasteiger charge is -2.09. The molecule has 0 radical (unpaired) electrons. The van der Waals surface area contributed by atoms with Crippen molar-refractivity contribution in [1.29, 1.82) is 0 Å². The Morgan fingerprint density at radius 3 is 1.58 bits per heavy atom. The first-order valence-electron chi connectivity index (χ1n) is 9.66. The molecule has 18 heteroatoms. The largest absolute Gasteiger partial charge is 0.417 e. The van der Waals surface area contributed by atoms with Gasteiger partial charge in [-0.05, 0) is 42.7 Å². The van der Waals surface area contributed by atoms with Gasteiger partial charge in [-0.2, -0.15) is 26.3 Å². The minimum Gasteiger partial charge on any atom is -0.411 e. The molecule has 204 valence electrons. The van der Waals surface area contributed by atoms with Gasteiger partial charge in [0.2, 0.25) is 21.6 Å². The van der Waals surface area contributed by atoms with Crippen LogP contribution in [0, 0.1) is 0 Å². The minimum atomic E-state index is -4.65. The molecule has 38 heavy (non-hydrogen) atoms. The summed E-state index contributed by atoms with van der Waals surface area (Å²) in [4.78, 5) is 0. The number of benzene rings is 2. The maximum absolute atomic E-state index is 12.7. The Morgan fingerprint density at radius 2 is 1.21 bits per heavy atom. The lowest BCUT2D eigenvalue weighted by Crippen LogP contribution is -2.05. The van der Waals surface area contributed by atoms with E-state index in [2.05, 4.69) is 20.4 Å². The van der Waals surface area contributed by atoms with Crippen molar-refractivity contribution >= 4 is 44.8 Å². The first-order valence-corrected chi connectivity index (χ1v) is 13.5. The zero-order chi connectivity index (χ0) is 28.5. The Balaban J connectivity index is 0.000000212. The summed E-state index contributed by atoms with van der Waals surface area (Å²) in [7, 11) is -3.73. The van der Waals surface area contributed by atoms with E-state index in [1.807, 2.05) is 0 Å². The zero-order valence-electron chi connectivity index (χ0n) is 18.7. The number of sulfone groups is 1. The predicted molar refractivity (Wildman–Crippen MR) is 124 cm³/mol. The van der Waals surface area contributed by atoms with Gasteiger partial charge in [0.15, 0.2) is 0 Å². The first-order chi connectivity index (χ1) is 17.5. The van der Waals surface area contributed by atoms with Gasteiger partial charge in [0, 0.05) is 17.4 Å². The van der Waals surface area contributed by atoms with Gasteiger partial charge >= 0.3 is 17.6 Å². The zero-order valence-corrected chi connectivity index (χ0v) is 21.9. The fourth-order valence-corrected chi connectivity index (χ4v) is 3.79. The van der Waals surface area contributed by atoms with Crippen LogP contribution in [0.2, 0.25) is 10.0 Å². The van der Waals surface area contributed by atoms with Crippen molar-refractivity contribution in [3.63, 3.8) is 0 Å². The van der Waals surface area contributed by atoms with Gasteiger partial charge in [-0.25, -0.2) is 8.42 Å². The summed E-state index contributed by atoms with van der Waals surface area (Å²) in [5.74, 6) is -0.311. The van der Waals surface area contributed by atoms with Crippen LogP contribution in [0.15, 0.2) is 55.7 Å². The Bertz CT molecular complexity index is 1560. The molecule has 0 saturated heterocycles. The van der Waals surface area contributed by atoms with Gasteiger partial charge < -0.3 is 8.83 Å². The predicted octanol–water partition coefficient (Wildman–Crippen LogP) is 6.94. The topological polar surface area (TPSA) is 112 Å². The first kappa shape index (κ1) is 29.7. The van der Waals surface area contributed by atoms with E-state index in [9.17, 15) is 34.8 Å². The molecule has 0 aliphatic heterocycles. The smallest absolute Gasteiger partial charge is 0.411 e. The third kappa shape index (κ3) is 7.18. The number of halogens is 8. The van der Waals surface area contributed by atoms with E-state index in [-0.39, 0.29) is 33.2 Å². The van der Waals surface area contributed by atoms with Gasteiger partial charge in [0.25, 0.3) is 5.22 Å². The molecule has 0 saturated carbocycles. The van der Waals surface area contributed by atoms with Crippen LogP contribution < -0.4 is 0 Å². The average molecular weight is 621 g/mol. The molecule has 0 unspecified atom stereocenters. The van der Waals surface area contributed by atoms with Crippen molar-refractivity contribution in [1.82, 2.24) is 20.4 Å². The number of rotatable bonds is 4. The number of nitrogens with zero attached hydrogens (tertiary/aromatic N) is 4. The number of thioether (sulfide) groups is 1. The fourth-order valence-electron chi connectivity index (χ4n) is 2.64. The highest BCUT2D eigenvalue weighted by Crippen LogP contribution is 2.38. The quantitative estimate of drug-likeness (QED) is 0.177. The van der Waals surface area contributed by atoms with Crippen LogP contribution in [-0.2, 0) is 22.2 Å². The van der Waals surface area contributed by atoms with Crippen LogP contribution in [0.25, 0.3) is 22.9 Å². The molecule has 0 N–H and O–H groups in total. The summed E-state index contributed by atoms with van der Waals surface area (Å²) in [5.41, 5.74) is -1.90. The lowest BCUT2D eigenvalue weighted by atomic mass is 10.1. The second-order valence-electron chi connectivity index (χ2n) is 7.11. The lowest BCUT2D eigenvalue weighted by molar-refractivity contribution is -0.138. The molecule has 0 fully saturated rings. The van der Waals surface area contributed by atoms with Crippen LogP contribution in [0.3, 0.4) is 0 Å². The summed E-state index contributed by atoms with van der Waals surface area (Å²) >= 11 is 12.2. The number of hydrogen-bond acceptors (Lipinski definition) is 9. The Morgan fingerprint density at radius 1 is 0.763 bits per heavy atom. The molecule has 4 aromatic rings. The Labute approximate surface area is 224 Å². The highest BCUT2D eigenvalue weighted by atomic mass is 35.5. The molecular weight excluding hydrogens is 609 g/mol. The van der Waals surface area contributed by atoms with E-state index >= 15 is 0 Å². The number of alkyl halides is 6. The average Bonchev–Trinajstić information content (AvgIpc) is 3.49. The number of hydrogen-bond donors (Lipinski definition) is 0. The Hall–Kier alpha value is -2.82. The van der Waals surface area contributed by atoms with E-state index in [4.69, 9.17) is 32.0 Å². The molecule has 4 rings (SSSR count). The van der Waals surface area contributed by atoms with Crippen LogP contribution in [0.4, 0.5) is 26.3 Å². The molecule has 0 aliphatic carbocycles. The molecule has 0 spiro atoms. The highest BCUT2D eigenvalue weighted by molar-refractivity contribution is 7.98. The molecule has 8 nitrogen and oxygen atoms in total. The molecule has 0 aliphatic rings. The van der Waals surface area contributed by atoms with Crippen LogP contribution in [-0.4, -0.2) is 41.3 Å². The van der Waals surface area contributed by atoms with Crippen LogP contribution in [0.1, 0.15) is 11.1 Å². The third-order valence-electron chi connectivity index (χ3n) is 4.34. The van der Waals surface area contributed by atoms with Gasteiger partial charge in [0.1, 0.15) is 0 Å². The van der Waals surface area contributed by atoms with E-state index in [1.54, 1.807) is 6.26 Å². The minimum absolute atomic E-state index is 0.0292. The Kier molecular flexibility index (Phi) is 8.70. The van der Waals surface area contributed by atoms with E-state index in [1.165, 1.54) is 23.9 Å². The van der Waals surface area contributed by atoms with Crippen molar-refractivity contribution in [2.45, 2.75) is 22.8 Å². The second kappa shape index (κ2) is 11.1. The van der Waals surface area contributed by atoms with Gasteiger partial charge in [-0.1, -0.05) is 40.1 Å². The molecule has 2 heterocycles. The highest BCUT2D eigenvalue weighted by Gasteiger charge is 2.35. The summed E-state index contributed by atoms with van der Waals surface area (Å²) in [6.07, 6.45) is -6.60. The SMILES string of the molecule is CS(=O)(=O)c1nnc(-c2ccc(Cl)c(C(F)(F)F)c2)o1.CSc1nnc(-c2ccc(Cl)c(C(F)(F)F)c2)o1. The summed E-state index contributed by atoms with van der Waals surface area (Å²) in [6, 6.07) is 6.39. The van der Waals surface area contributed by atoms with E-state index in [0.717, 1.165) is 24.5 Å². The van der Waals surface area contributed by atoms with Crippen molar-refractivity contribution < 1.29 is 43.6 Å². The van der Waals surface area contributed by atoms with Crippen molar-refractivity contribution in [3.05, 3.63) is 57.6 Å². The summed E-state index contributed by atoms with van der Waals surface area (Å²) < 4.78 is 108. The normalized spacial score (nSPS) is 12.3. The molecule has 0 atom stereocenters. The van der Waals surface area contributed by atoms with E-state index in [0.29, 0.717) is 6.07 Å². The third-order valence-corrected chi connectivity index (χ3v) is 6.31. The molecule has 2 aromatic heterocycles. The standard InChI is InChI=1S/C10H6ClF3N2O3S.C10H6ClF3N2OS/c1-20(17,18)9-16-15-8(19-9)5-2-3-7(11)6(4-5)10(12,13)14;1-18-9-16-15-8(17-9)5-2-3-7(11)6(4-5)10(12,13)14/h2-4H,1H3;2-4H,1H3. The van der Waals surface area contributed by atoms with Gasteiger partial charge in [0.05, 0.1) is 21.2 Å². The van der Waals surface area contributed by atoms with Crippen molar-refractivity contribution in [2.24, 2.45) is 0 Å². The fraction of sp³-hybridized carbons (Fsp3) is 0.200.